The van der Waals surface area contributed by atoms with Crippen LogP contribution >= 0.6 is 0 Å². The molecular formula is C18H21N5O. The van der Waals surface area contributed by atoms with Gasteiger partial charge in [0.05, 0.1) is 28.2 Å². The highest BCUT2D eigenvalue weighted by Crippen LogP contribution is 2.37. The summed E-state index contributed by atoms with van der Waals surface area (Å²) in [4.78, 5) is 12.6. The summed E-state index contributed by atoms with van der Waals surface area (Å²) >= 11 is 0. The number of nitrogens with two attached hydrogens (primary N) is 1. The number of aryl methyl sites for hydroxylation is 2. The Bertz CT molecular complexity index is 993. The number of benzene rings is 1. The number of hydrogen-bond donors (Lipinski definition) is 1. The highest BCUT2D eigenvalue weighted by molar-refractivity contribution is 6.00. The summed E-state index contributed by atoms with van der Waals surface area (Å²) in [5.74, 6) is 0.713. The molecule has 2 aromatic heterocycles. The van der Waals surface area contributed by atoms with Crippen molar-refractivity contribution in [3.05, 3.63) is 35.2 Å². The molecule has 0 spiro atoms. The predicted molar refractivity (Wildman–Crippen MR) is 93.4 cm³/mol. The second-order valence-electron chi connectivity index (χ2n) is 7.47. The largest absolute Gasteiger partial charge is 0.382 e. The molecule has 0 saturated heterocycles. The lowest BCUT2D eigenvalue weighted by molar-refractivity contribution is 0.0910. The van der Waals surface area contributed by atoms with E-state index in [1.165, 1.54) is 0 Å². The van der Waals surface area contributed by atoms with Gasteiger partial charge in [0.1, 0.15) is 0 Å². The molecule has 0 fully saturated rings. The second kappa shape index (κ2) is 4.69. The number of rotatable bonds is 1. The van der Waals surface area contributed by atoms with Crippen LogP contribution in [0.5, 0.6) is 0 Å². The van der Waals surface area contributed by atoms with Gasteiger partial charge in [0.25, 0.3) is 0 Å². The van der Waals surface area contributed by atoms with Gasteiger partial charge in [-0.05, 0) is 37.0 Å². The van der Waals surface area contributed by atoms with Crippen molar-refractivity contribution in [3.8, 4) is 5.69 Å². The molecule has 124 valence electrons. The van der Waals surface area contributed by atoms with Crippen LogP contribution in [0, 0.1) is 12.3 Å². The number of carbonyl (C=O) groups is 1. The summed E-state index contributed by atoms with van der Waals surface area (Å²) in [6.45, 7) is 6.17. The molecule has 3 aromatic rings. The Kier molecular flexibility index (Phi) is 2.92. The average molecular weight is 323 g/mol. The number of fused-ring (bicyclic) bond motifs is 2. The first kappa shape index (κ1) is 14.9. The number of hydrogen-bond acceptors (Lipinski definition) is 4. The predicted octanol–water partition coefficient (Wildman–Crippen LogP) is 2.80. The van der Waals surface area contributed by atoms with Gasteiger partial charge in [-0.25, -0.2) is 4.68 Å². The third kappa shape index (κ3) is 2.06. The van der Waals surface area contributed by atoms with Crippen LogP contribution in [0.4, 0.5) is 5.82 Å². The summed E-state index contributed by atoms with van der Waals surface area (Å²) in [6, 6.07) is 5.98. The number of aromatic nitrogens is 4. The summed E-state index contributed by atoms with van der Waals surface area (Å²) in [5, 5.41) is 9.85. The molecule has 0 unspecified atom stereocenters. The van der Waals surface area contributed by atoms with Crippen LogP contribution in [0.1, 0.15) is 42.0 Å². The zero-order valence-corrected chi connectivity index (χ0v) is 14.4. The normalized spacial score (nSPS) is 16.6. The lowest BCUT2D eigenvalue weighted by Crippen LogP contribution is -2.28. The lowest BCUT2D eigenvalue weighted by atomic mass is 9.75. The lowest BCUT2D eigenvalue weighted by Gasteiger charge is -2.29. The number of nitrogens with zero attached hydrogens (tertiary/aromatic N) is 4. The number of Topliss-reactive ketones (excluding diaryl/α,β-unsaturated/α-hetero) is 1. The van der Waals surface area contributed by atoms with Crippen molar-refractivity contribution in [2.24, 2.45) is 12.5 Å². The van der Waals surface area contributed by atoms with Crippen LogP contribution in [0.2, 0.25) is 0 Å². The van der Waals surface area contributed by atoms with Crippen LogP contribution in [0.25, 0.3) is 16.6 Å². The fraction of sp³-hybridized carbons (Fsp3) is 0.389. The Balaban J connectivity index is 1.94. The Morgan fingerprint density at radius 1 is 1.21 bits per heavy atom. The fourth-order valence-electron chi connectivity index (χ4n) is 3.76. The molecule has 1 aromatic carbocycles. The first-order valence-corrected chi connectivity index (χ1v) is 8.11. The summed E-state index contributed by atoms with van der Waals surface area (Å²) < 4.78 is 3.68. The maximum atomic E-state index is 12.6. The molecule has 0 saturated carbocycles. The van der Waals surface area contributed by atoms with E-state index >= 15 is 0 Å². The minimum absolute atomic E-state index is 0.0463. The van der Waals surface area contributed by atoms with E-state index in [-0.39, 0.29) is 11.2 Å². The van der Waals surface area contributed by atoms with Crippen LogP contribution in [0.15, 0.2) is 18.2 Å². The molecule has 24 heavy (non-hydrogen) atoms. The summed E-state index contributed by atoms with van der Waals surface area (Å²) in [5.41, 5.74) is 10.4. The van der Waals surface area contributed by atoms with Crippen molar-refractivity contribution in [2.45, 2.75) is 33.6 Å². The standard InChI is InChI=1S/C18H21N5O/c1-10-16-14(8-18(2,3)9-15(16)24)23(20-10)11-5-6-12-13(7-11)22(4)21-17(12)19/h5-7H,8-9H2,1-4H3,(H2,19,21). The minimum atomic E-state index is -0.0463. The zero-order chi connectivity index (χ0) is 17.2. The summed E-state index contributed by atoms with van der Waals surface area (Å²) in [7, 11) is 1.87. The monoisotopic (exact) mass is 323 g/mol. The minimum Gasteiger partial charge on any atom is -0.382 e. The van der Waals surface area contributed by atoms with Crippen molar-refractivity contribution in [2.75, 3.05) is 5.73 Å². The van der Waals surface area contributed by atoms with E-state index in [1.807, 2.05) is 36.9 Å². The van der Waals surface area contributed by atoms with Crippen molar-refractivity contribution in [1.29, 1.82) is 0 Å². The molecule has 0 bridgehead atoms. The quantitative estimate of drug-likeness (QED) is 0.747. The molecule has 4 rings (SSSR count). The van der Waals surface area contributed by atoms with Gasteiger partial charge in [-0.1, -0.05) is 13.8 Å². The third-order valence-corrected chi connectivity index (χ3v) is 4.83. The van der Waals surface area contributed by atoms with E-state index in [2.05, 4.69) is 24.0 Å². The Morgan fingerprint density at radius 3 is 2.71 bits per heavy atom. The highest BCUT2D eigenvalue weighted by Gasteiger charge is 2.35. The van der Waals surface area contributed by atoms with Crippen LogP contribution in [-0.4, -0.2) is 25.3 Å². The number of nitrogen functional groups attached to an aromatic ring is 1. The molecular weight excluding hydrogens is 302 g/mol. The summed E-state index contributed by atoms with van der Waals surface area (Å²) in [6.07, 6.45) is 1.41. The molecule has 0 amide bonds. The van der Waals surface area contributed by atoms with Gasteiger partial charge in [-0.15, -0.1) is 0 Å². The van der Waals surface area contributed by atoms with E-state index in [9.17, 15) is 4.79 Å². The molecule has 6 heteroatoms. The molecule has 1 aliphatic carbocycles. The second-order valence-corrected chi connectivity index (χ2v) is 7.47. The number of carbonyl (C=O) groups excluding carboxylic acids is 1. The van der Waals surface area contributed by atoms with Gasteiger partial charge in [-0.3, -0.25) is 9.48 Å². The Labute approximate surface area is 140 Å². The Hall–Kier alpha value is -2.63. The van der Waals surface area contributed by atoms with Crippen molar-refractivity contribution in [1.82, 2.24) is 19.6 Å². The van der Waals surface area contributed by atoms with E-state index in [1.54, 1.807) is 4.68 Å². The van der Waals surface area contributed by atoms with Gasteiger partial charge in [0, 0.05) is 18.9 Å². The van der Waals surface area contributed by atoms with E-state index in [0.29, 0.717) is 12.2 Å². The number of ketones is 1. The van der Waals surface area contributed by atoms with Gasteiger partial charge < -0.3 is 5.73 Å². The molecule has 2 N–H and O–H groups in total. The van der Waals surface area contributed by atoms with Gasteiger partial charge in [-0.2, -0.15) is 10.2 Å². The maximum absolute atomic E-state index is 12.6. The van der Waals surface area contributed by atoms with E-state index < -0.39 is 0 Å². The third-order valence-electron chi connectivity index (χ3n) is 4.83. The fourth-order valence-corrected chi connectivity index (χ4v) is 3.76. The smallest absolute Gasteiger partial charge is 0.167 e. The van der Waals surface area contributed by atoms with E-state index in [4.69, 9.17) is 5.73 Å². The average Bonchev–Trinajstić information content (AvgIpc) is 2.95. The van der Waals surface area contributed by atoms with Crippen molar-refractivity contribution >= 4 is 22.5 Å². The van der Waals surface area contributed by atoms with Crippen molar-refractivity contribution in [3.63, 3.8) is 0 Å². The van der Waals surface area contributed by atoms with Gasteiger partial charge >= 0.3 is 0 Å². The molecule has 0 aliphatic heterocycles. The topological polar surface area (TPSA) is 78.7 Å². The van der Waals surface area contributed by atoms with Gasteiger partial charge in [0.15, 0.2) is 11.6 Å². The zero-order valence-electron chi connectivity index (χ0n) is 14.4. The molecule has 6 nitrogen and oxygen atoms in total. The van der Waals surface area contributed by atoms with E-state index in [0.717, 1.165) is 40.0 Å². The Morgan fingerprint density at radius 2 is 1.96 bits per heavy atom. The molecule has 0 radical (unpaired) electrons. The van der Waals surface area contributed by atoms with Crippen molar-refractivity contribution < 1.29 is 4.79 Å². The first-order valence-electron chi connectivity index (χ1n) is 8.11. The van der Waals surface area contributed by atoms with Crippen LogP contribution in [-0.2, 0) is 13.5 Å². The molecule has 0 atom stereocenters. The number of anilines is 1. The van der Waals surface area contributed by atoms with Gasteiger partial charge in [0.2, 0.25) is 0 Å². The SMILES string of the molecule is Cc1nn(-c2ccc3c(N)nn(C)c3c2)c2c1C(=O)CC(C)(C)C2. The molecule has 1 aliphatic rings. The maximum Gasteiger partial charge on any atom is 0.167 e. The highest BCUT2D eigenvalue weighted by atomic mass is 16.1. The van der Waals surface area contributed by atoms with Crippen LogP contribution in [0.3, 0.4) is 0 Å². The first-order chi connectivity index (χ1) is 11.3. The molecule has 2 heterocycles. The van der Waals surface area contributed by atoms with Crippen LogP contribution < -0.4 is 5.73 Å².